The van der Waals surface area contributed by atoms with Crippen molar-refractivity contribution in [3.8, 4) is 5.75 Å². The van der Waals surface area contributed by atoms with Gasteiger partial charge in [-0.3, -0.25) is 14.4 Å². The van der Waals surface area contributed by atoms with Gasteiger partial charge in [-0.25, -0.2) is 4.79 Å². The summed E-state index contributed by atoms with van der Waals surface area (Å²) in [6.45, 7) is 1.88. The van der Waals surface area contributed by atoms with Gasteiger partial charge in [0.15, 0.2) is 4.80 Å². The smallest absolute Gasteiger partial charge is 0.341 e. The number of carbonyl (C=O) groups excluding carboxylic acids is 4. The van der Waals surface area contributed by atoms with Crippen molar-refractivity contribution in [2.75, 3.05) is 37.6 Å². The Morgan fingerprint density at radius 2 is 1.95 bits per heavy atom. The Hall–Kier alpha value is -3.16. The summed E-state index contributed by atoms with van der Waals surface area (Å²) in [6.07, 6.45) is 2.65. The normalized spacial score (nSPS) is 12.9. The maximum absolute atomic E-state index is 12.7. The van der Waals surface area contributed by atoms with Gasteiger partial charge in [0.05, 0.1) is 48.1 Å². The molecule has 0 atom stereocenters. The zero-order chi connectivity index (χ0) is 27.2. The second-order valence-electron chi connectivity index (χ2n) is 8.21. The van der Waals surface area contributed by atoms with Crippen LogP contribution in [0, 0.1) is 0 Å². The minimum absolute atomic E-state index is 0.0108. The summed E-state index contributed by atoms with van der Waals surface area (Å²) in [7, 11) is 2.88. The van der Waals surface area contributed by atoms with Gasteiger partial charge in [-0.2, -0.15) is 4.99 Å². The van der Waals surface area contributed by atoms with Crippen molar-refractivity contribution < 1.29 is 33.4 Å². The molecule has 0 saturated carbocycles. The molecule has 0 unspecified atom stereocenters. The molecule has 4 rings (SSSR count). The molecule has 1 aromatic carbocycles. The first kappa shape index (κ1) is 27.9. The first-order valence-corrected chi connectivity index (χ1v) is 14.6. The minimum atomic E-state index is -0.460. The molecule has 1 aliphatic carbocycles. The lowest BCUT2D eigenvalue weighted by molar-refractivity contribution is -0.143. The Balaban J connectivity index is 1.43. The van der Waals surface area contributed by atoms with Crippen LogP contribution in [0.5, 0.6) is 5.75 Å². The Bertz CT molecular complexity index is 1450. The number of benzene rings is 1. The molecule has 2 aromatic heterocycles. The summed E-state index contributed by atoms with van der Waals surface area (Å²) in [4.78, 5) is 55.4. The van der Waals surface area contributed by atoms with E-state index in [0.717, 1.165) is 51.7 Å². The number of aromatic nitrogens is 1. The molecule has 0 radical (unpaired) electrons. The number of esters is 2. The second-order valence-corrected chi connectivity index (χ2v) is 11.3. The van der Waals surface area contributed by atoms with Crippen LogP contribution in [0.4, 0.5) is 5.00 Å². The summed E-state index contributed by atoms with van der Waals surface area (Å²) in [5, 5.41) is 3.29. The van der Waals surface area contributed by atoms with E-state index in [1.165, 1.54) is 29.8 Å². The fourth-order valence-corrected chi connectivity index (χ4v) is 7.06. The van der Waals surface area contributed by atoms with Gasteiger partial charge in [0.1, 0.15) is 17.3 Å². The number of hydrogen-bond acceptors (Lipinski definition) is 10. The molecule has 0 fully saturated rings. The number of amides is 2. The van der Waals surface area contributed by atoms with E-state index < -0.39 is 17.8 Å². The van der Waals surface area contributed by atoms with E-state index in [4.69, 9.17) is 14.2 Å². The zero-order valence-electron chi connectivity index (χ0n) is 21.2. The predicted molar refractivity (Wildman–Crippen MR) is 147 cm³/mol. The number of thiophene rings is 1. The van der Waals surface area contributed by atoms with E-state index in [1.54, 1.807) is 30.7 Å². The summed E-state index contributed by atoms with van der Waals surface area (Å²) in [5.74, 6) is -1.03. The van der Waals surface area contributed by atoms with Crippen LogP contribution in [-0.4, -0.2) is 60.7 Å². The number of nitrogens with zero attached hydrogens (tertiary/aromatic N) is 2. The lowest BCUT2D eigenvalue weighted by Crippen LogP contribution is -2.23. The van der Waals surface area contributed by atoms with Crippen molar-refractivity contribution in [1.82, 2.24) is 4.57 Å². The van der Waals surface area contributed by atoms with Crippen molar-refractivity contribution in [1.29, 1.82) is 0 Å². The Kier molecular flexibility index (Phi) is 9.23. The highest BCUT2D eigenvalue weighted by Gasteiger charge is 2.28. The molecule has 13 heteroatoms. The number of hydrogen-bond donors (Lipinski definition) is 1. The monoisotopic (exact) mass is 577 g/mol. The van der Waals surface area contributed by atoms with Gasteiger partial charge < -0.3 is 24.1 Å². The lowest BCUT2D eigenvalue weighted by atomic mass is 10.1. The van der Waals surface area contributed by atoms with Gasteiger partial charge in [0, 0.05) is 4.88 Å². The van der Waals surface area contributed by atoms with Gasteiger partial charge in [-0.1, -0.05) is 11.3 Å². The van der Waals surface area contributed by atoms with Crippen LogP contribution in [0.2, 0.25) is 0 Å². The number of anilines is 1. The maximum atomic E-state index is 12.7. The van der Waals surface area contributed by atoms with Crippen LogP contribution in [0.15, 0.2) is 23.2 Å². The van der Waals surface area contributed by atoms with E-state index in [2.05, 4.69) is 10.3 Å². The topological polar surface area (TPSA) is 125 Å². The third-order valence-electron chi connectivity index (χ3n) is 5.73. The summed E-state index contributed by atoms with van der Waals surface area (Å²) >= 11 is 3.78. The Labute approximate surface area is 231 Å². The van der Waals surface area contributed by atoms with Crippen LogP contribution >= 0.6 is 34.4 Å². The third kappa shape index (κ3) is 6.27. The number of rotatable bonds is 10. The number of methoxy groups -OCH3 is 2. The highest BCUT2D eigenvalue weighted by Crippen LogP contribution is 2.39. The van der Waals surface area contributed by atoms with Crippen LogP contribution in [0.3, 0.4) is 0 Å². The van der Waals surface area contributed by atoms with E-state index in [9.17, 15) is 19.2 Å². The molecule has 1 aliphatic rings. The molecule has 2 amide bonds. The van der Waals surface area contributed by atoms with Crippen molar-refractivity contribution in [2.24, 2.45) is 4.99 Å². The highest BCUT2D eigenvalue weighted by molar-refractivity contribution is 8.00. The minimum Gasteiger partial charge on any atom is -0.497 e. The average Bonchev–Trinajstić information content (AvgIpc) is 3.56. The Morgan fingerprint density at radius 3 is 2.68 bits per heavy atom. The van der Waals surface area contributed by atoms with Gasteiger partial charge in [0.25, 0.3) is 5.91 Å². The van der Waals surface area contributed by atoms with Gasteiger partial charge in [-0.15, -0.1) is 23.1 Å². The van der Waals surface area contributed by atoms with Crippen LogP contribution in [0.25, 0.3) is 10.2 Å². The molecule has 0 bridgehead atoms. The number of thioether (sulfide) groups is 1. The lowest BCUT2D eigenvalue weighted by Gasteiger charge is -2.07. The molecular formula is C25H27N3O7S3. The quantitative estimate of drug-likeness (QED) is 0.364. The molecule has 0 saturated heterocycles. The molecule has 2 heterocycles. The van der Waals surface area contributed by atoms with E-state index in [0.29, 0.717) is 21.1 Å². The highest BCUT2D eigenvalue weighted by atomic mass is 32.2. The van der Waals surface area contributed by atoms with Crippen molar-refractivity contribution in [2.45, 2.75) is 32.7 Å². The zero-order valence-corrected chi connectivity index (χ0v) is 23.6. The molecule has 38 heavy (non-hydrogen) atoms. The number of nitrogens with one attached hydrogen (secondary N) is 1. The molecule has 1 N–H and O–H groups in total. The molecule has 10 nitrogen and oxygen atoms in total. The molecule has 0 spiro atoms. The van der Waals surface area contributed by atoms with Crippen molar-refractivity contribution in [3.63, 3.8) is 0 Å². The van der Waals surface area contributed by atoms with Crippen LogP contribution in [-0.2, 0) is 43.2 Å². The fraction of sp³-hybridized carbons (Fsp3) is 0.400. The van der Waals surface area contributed by atoms with Crippen molar-refractivity contribution in [3.05, 3.63) is 39.0 Å². The first-order chi connectivity index (χ1) is 18.3. The largest absolute Gasteiger partial charge is 0.497 e. The average molecular weight is 578 g/mol. The van der Waals surface area contributed by atoms with Crippen molar-refractivity contribution >= 4 is 73.4 Å². The fourth-order valence-electron chi connectivity index (χ4n) is 4.10. The SMILES string of the molecule is CCOC(=O)Cn1c(=NC(=O)CSCC(=O)Nc2sc3c(c2C(=O)OC)CCC3)sc2cc(OC)ccc21. The standard InChI is InChI=1S/C25H27N3O7S3/c1-4-35-21(31)11-28-16-9-8-14(33-2)10-18(16)38-25(28)27-20(30)13-36-12-19(29)26-23-22(24(32)34-3)15-6-5-7-17(15)37-23/h8-10H,4-7,11-13H2,1-3H3,(H,26,29). The van der Waals surface area contributed by atoms with Crippen LogP contribution in [0.1, 0.15) is 34.1 Å². The maximum Gasteiger partial charge on any atom is 0.341 e. The van der Waals surface area contributed by atoms with E-state index >= 15 is 0 Å². The number of aryl methyl sites for hydroxylation is 1. The number of carbonyl (C=O) groups is 4. The summed E-state index contributed by atoms with van der Waals surface area (Å²) in [6, 6.07) is 5.38. The molecule has 0 aliphatic heterocycles. The van der Waals surface area contributed by atoms with Gasteiger partial charge >= 0.3 is 11.9 Å². The van der Waals surface area contributed by atoms with Crippen LogP contribution < -0.4 is 14.9 Å². The van der Waals surface area contributed by atoms with E-state index in [-0.39, 0.29) is 30.6 Å². The second kappa shape index (κ2) is 12.6. The summed E-state index contributed by atoms with van der Waals surface area (Å²) < 4.78 is 17.7. The summed E-state index contributed by atoms with van der Waals surface area (Å²) in [5.41, 5.74) is 2.12. The first-order valence-electron chi connectivity index (χ1n) is 11.9. The van der Waals surface area contributed by atoms with E-state index in [1.807, 2.05) is 6.07 Å². The predicted octanol–water partition coefficient (Wildman–Crippen LogP) is 3.41. The van der Waals surface area contributed by atoms with Gasteiger partial charge in [0.2, 0.25) is 5.91 Å². The van der Waals surface area contributed by atoms with Gasteiger partial charge in [-0.05, 0) is 49.9 Å². The Morgan fingerprint density at radius 1 is 1.13 bits per heavy atom. The molecule has 3 aromatic rings. The number of ether oxygens (including phenoxy) is 3. The molecule has 202 valence electrons. The third-order valence-corrected chi connectivity index (χ3v) is 8.89. The number of fused-ring (bicyclic) bond motifs is 2. The number of thiazole rings is 1. The molecular weight excluding hydrogens is 550 g/mol.